The van der Waals surface area contributed by atoms with Gasteiger partial charge in [0.25, 0.3) is 0 Å². The molecule has 0 aromatic carbocycles. The fourth-order valence-electron chi connectivity index (χ4n) is 2.87. The van der Waals surface area contributed by atoms with Crippen molar-refractivity contribution in [2.24, 2.45) is 5.41 Å². The number of rotatable bonds is 3. The average Bonchev–Trinajstić information content (AvgIpc) is 2.69. The lowest BCUT2D eigenvalue weighted by molar-refractivity contribution is -0.133. The summed E-state index contributed by atoms with van der Waals surface area (Å²) in [6, 6.07) is -0.187. The highest BCUT2D eigenvalue weighted by Gasteiger charge is 2.40. The van der Waals surface area contributed by atoms with Gasteiger partial charge in [0.1, 0.15) is 0 Å². The SMILES string of the molecule is CCC1(C(=O)NC2CCS(=O)(=O)C2)CCCNC1. The maximum Gasteiger partial charge on any atom is 0.227 e. The van der Waals surface area contributed by atoms with Crippen LogP contribution in [0.5, 0.6) is 0 Å². The third-order valence-electron chi connectivity index (χ3n) is 4.20. The van der Waals surface area contributed by atoms with Crippen LogP contribution in [-0.4, -0.2) is 45.0 Å². The third-order valence-corrected chi connectivity index (χ3v) is 5.97. The topological polar surface area (TPSA) is 75.3 Å². The number of nitrogens with one attached hydrogen (secondary N) is 2. The molecule has 0 bridgehead atoms. The van der Waals surface area contributed by atoms with Crippen LogP contribution in [0.15, 0.2) is 0 Å². The zero-order valence-corrected chi connectivity index (χ0v) is 11.7. The van der Waals surface area contributed by atoms with Crippen LogP contribution in [0.1, 0.15) is 32.6 Å². The highest BCUT2D eigenvalue weighted by atomic mass is 32.2. The van der Waals surface area contributed by atoms with Crippen molar-refractivity contribution >= 4 is 15.7 Å². The molecule has 2 unspecified atom stereocenters. The highest BCUT2D eigenvalue weighted by Crippen LogP contribution is 2.30. The molecule has 2 aliphatic heterocycles. The summed E-state index contributed by atoms with van der Waals surface area (Å²) in [6.07, 6.45) is 3.25. The highest BCUT2D eigenvalue weighted by molar-refractivity contribution is 7.91. The maximum atomic E-state index is 12.4. The summed E-state index contributed by atoms with van der Waals surface area (Å²) in [5.41, 5.74) is -0.343. The average molecular weight is 274 g/mol. The molecule has 0 saturated carbocycles. The normalized spacial score (nSPS) is 35.3. The Labute approximate surface area is 109 Å². The van der Waals surface area contributed by atoms with Crippen molar-refractivity contribution in [2.75, 3.05) is 24.6 Å². The first-order valence-corrected chi connectivity index (χ1v) is 8.52. The standard InChI is InChI=1S/C12H22N2O3S/c1-2-12(5-3-6-13-9-12)11(15)14-10-4-7-18(16,17)8-10/h10,13H,2-9H2,1H3,(H,14,15). The van der Waals surface area contributed by atoms with Crippen molar-refractivity contribution in [1.29, 1.82) is 0 Å². The molecular weight excluding hydrogens is 252 g/mol. The molecule has 0 spiro atoms. The molecule has 2 saturated heterocycles. The molecule has 2 aliphatic rings. The lowest BCUT2D eigenvalue weighted by Crippen LogP contribution is -2.52. The second-order valence-corrected chi connectivity index (χ2v) is 7.72. The molecule has 104 valence electrons. The summed E-state index contributed by atoms with van der Waals surface area (Å²) < 4.78 is 22.8. The Hall–Kier alpha value is -0.620. The van der Waals surface area contributed by atoms with Gasteiger partial charge >= 0.3 is 0 Å². The van der Waals surface area contributed by atoms with Gasteiger partial charge < -0.3 is 10.6 Å². The Morgan fingerprint density at radius 2 is 2.28 bits per heavy atom. The Balaban J connectivity index is 1.98. The summed E-state index contributed by atoms with van der Waals surface area (Å²) in [7, 11) is -2.93. The fraction of sp³-hybridized carbons (Fsp3) is 0.917. The molecule has 0 aliphatic carbocycles. The first kappa shape index (κ1) is 13.8. The lowest BCUT2D eigenvalue weighted by atomic mass is 9.77. The summed E-state index contributed by atoms with van der Waals surface area (Å²) in [6.45, 7) is 3.69. The van der Waals surface area contributed by atoms with Crippen molar-refractivity contribution in [2.45, 2.75) is 38.6 Å². The molecule has 5 nitrogen and oxygen atoms in total. The Kier molecular flexibility index (Phi) is 3.96. The van der Waals surface area contributed by atoms with Crippen molar-refractivity contribution in [3.8, 4) is 0 Å². The molecule has 6 heteroatoms. The lowest BCUT2D eigenvalue weighted by Gasteiger charge is -2.36. The van der Waals surface area contributed by atoms with E-state index >= 15 is 0 Å². The van der Waals surface area contributed by atoms with E-state index in [0.717, 1.165) is 25.8 Å². The van der Waals surface area contributed by atoms with E-state index in [1.807, 2.05) is 6.92 Å². The zero-order chi connectivity index (χ0) is 13.2. The van der Waals surface area contributed by atoms with E-state index in [1.54, 1.807) is 0 Å². The Morgan fingerprint density at radius 3 is 2.78 bits per heavy atom. The van der Waals surface area contributed by atoms with Gasteiger partial charge in [-0.25, -0.2) is 8.42 Å². The van der Waals surface area contributed by atoms with Crippen molar-refractivity contribution in [3.63, 3.8) is 0 Å². The van der Waals surface area contributed by atoms with Crippen LogP contribution in [0.4, 0.5) is 0 Å². The van der Waals surface area contributed by atoms with Crippen LogP contribution in [-0.2, 0) is 14.6 Å². The van der Waals surface area contributed by atoms with Crippen molar-refractivity contribution < 1.29 is 13.2 Å². The molecule has 2 N–H and O–H groups in total. The van der Waals surface area contributed by atoms with E-state index in [4.69, 9.17) is 0 Å². The second kappa shape index (κ2) is 5.17. The monoisotopic (exact) mass is 274 g/mol. The van der Waals surface area contributed by atoms with Crippen LogP contribution in [0, 0.1) is 5.41 Å². The number of hydrogen-bond donors (Lipinski definition) is 2. The molecule has 2 atom stereocenters. The van der Waals surface area contributed by atoms with Gasteiger partial charge in [0, 0.05) is 12.6 Å². The maximum absolute atomic E-state index is 12.4. The van der Waals surface area contributed by atoms with E-state index in [9.17, 15) is 13.2 Å². The minimum atomic E-state index is -2.93. The molecule has 2 rings (SSSR count). The van der Waals surface area contributed by atoms with Gasteiger partial charge in [0.15, 0.2) is 9.84 Å². The van der Waals surface area contributed by atoms with E-state index in [0.29, 0.717) is 13.0 Å². The fourth-order valence-corrected chi connectivity index (χ4v) is 4.54. The van der Waals surface area contributed by atoms with Gasteiger partial charge in [-0.15, -0.1) is 0 Å². The minimum Gasteiger partial charge on any atom is -0.352 e. The van der Waals surface area contributed by atoms with Crippen LogP contribution < -0.4 is 10.6 Å². The smallest absolute Gasteiger partial charge is 0.227 e. The Morgan fingerprint density at radius 1 is 1.50 bits per heavy atom. The van der Waals surface area contributed by atoms with Gasteiger partial charge in [-0.05, 0) is 32.2 Å². The predicted octanol–water partition coefficient (Wildman–Crippen LogP) is 0.0695. The summed E-state index contributed by atoms with van der Waals surface area (Å²) >= 11 is 0. The number of sulfone groups is 1. The quantitative estimate of drug-likeness (QED) is 0.763. The van der Waals surface area contributed by atoms with Crippen LogP contribution in [0.25, 0.3) is 0 Å². The third kappa shape index (κ3) is 2.85. The van der Waals surface area contributed by atoms with Gasteiger partial charge in [-0.1, -0.05) is 6.92 Å². The zero-order valence-electron chi connectivity index (χ0n) is 10.9. The number of piperidine rings is 1. The number of carbonyl (C=O) groups excluding carboxylic acids is 1. The molecule has 0 aromatic rings. The molecule has 1 amide bonds. The summed E-state index contributed by atoms with van der Waals surface area (Å²) in [5, 5.41) is 6.21. The molecule has 2 heterocycles. The minimum absolute atomic E-state index is 0.0271. The molecule has 18 heavy (non-hydrogen) atoms. The van der Waals surface area contributed by atoms with Gasteiger partial charge in [-0.2, -0.15) is 0 Å². The van der Waals surface area contributed by atoms with Crippen molar-refractivity contribution in [3.05, 3.63) is 0 Å². The van der Waals surface area contributed by atoms with E-state index in [2.05, 4.69) is 10.6 Å². The molecule has 2 fully saturated rings. The number of hydrogen-bond acceptors (Lipinski definition) is 4. The largest absolute Gasteiger partial charge is 0.352 e. The number of amides is 1. The summed E-state index contributed by atoms with van der Waals surface area (Å²) in [5.74, 6) is 0.334. The molecular formula is C12H22N2O3S. The predicted molar refractivity (Wildman–Crippen MR) is 70.0 cm³/mol. The molecule has 0 aromatic heterocycles. The van der Waals surface area contributed by atoms with E-state index in [-0.39, 0.29) is 28.9 Å². The van der Waals surface area contributed by atoms with Gasteiger partial charge in [0.2, 0.25) is 5.91 Å². The Bertz CT molecular complexity index is 413. The van der Waals surface area contributed by atoms with Crippen molar-refractivity contribution in [1.82, 2.24) is 10.6 Å². The first-order chi connectivity index (χ1) is 8.47. The summed E-state index contributed by atoms with van der Waals surface area (Å²) in [4.78, 5) is 12.4. The van der Waals surface area contributed by atoms with Crippen LogP contribution in [0.2, 0.25) is 0 Å². The first-order valence-electron chi connectivity index (χ1n) is 6.69. The van der Waals surface area contributed by atoms with Gasteiger partial charge in [-0.3, -0.25) is 4.79 Å². The van der Waals surface area contributed by atoms with Gasteiger partial charge in [0.05, 0.1) is 16.9 Å². The van der Waals surface area contributed by atoms with Crippen LogP contribution in [0.3, 0.4) is 0 Å². The van der Waals surface area contributed by atoms with E-state index < -0.39 is 9.84 Å². The second-order valence-electron chi connectivity index (χ2n) is 5.49. The number of carbonyl (C=O) groups is 1. The molecule has 0 radical (unpaired) electrons. The van der Waals surface area contributed by atoms with E-state index in [1.165, 1.54) is 0 Å². The van der Waals surface area contributed by atoms with Crippen LogP contribution >= 0.6 is 0 Å².